The highest BCUT2D eigenvalue weighted by molar-refractivity contribution is 6.32. The molecule has 0 bridgehead atoms. The molecule has 2 aromatic rings. The number of aryl methyl sites for hydroxylation is 1. The predicted octanol–water partition coefficient (Wildman–Crippen LogP) is 4.05. The van der Waals surface area contributed by atoms with E-state index in [2.05, 4.69) is 27.4 Å². The van der Waals surface area contributed by atoms with E-state index in [9.17, 15) is 0 Å². The summed E-state index contributed by atoms with van der Waals surface area (Å²) in [5.74, 6) is 1.29. The number of benzene rings is 1. The number of anilines is 2. The molecule has 1 aromatic carbocycles. The van der Waals surface area contributed by atoms with Crippen LogP contribution in [0, 0.1) is 0 Å². The summed E-state index contributed by atoms with van der Waals surface area (Å²) in [5, 5.41) is 3.68. The van der Waals surface area contributed by atoms with E-state index >= 15 is 0 Å². The highest BCUT2D eigenvalue weighted by Gasteiger charge is 2.02. The molecule has 0 unspecified atom stereocenters. The van der Waals surface area contributed by atoms with Crippen LogP contribution in [0.25, 0.3) is 0 Å². The van der Waals surface area contributed by atoms with Crippen molar-refractivity contribution in [2.45, 2.75) is 12.8 Å². The van der Waals surface area contributed by atoms with Crippen molar-refractivity contribution < 1.29 is 0 Å². The van der Waals surface area contributed by atoms with Crippen molar-refractivity contribution in [3.05, 3.63) is 47.4 Å². The van der Waals surface area contributed by atoms with Crippen LogP contribution in [0.1, 0.15) is 12.0 Å². The lowest BCUT2D eigenvalue weighted by Crippen LogP contribution is -1.96. The minimum Gasteiger partial charge on any atom is -0.339 e. The first-order valence-electron chi connectivity index (χ1n) is 5.67. The molecule has 18 heavy (non-hydrogen) atoms. The molecule has 0 aliphatic heterocycles. The number of rotatable bonds is 5. The molecule has 0 aliphatic rings. The Morgan fingerprint density at radius 3 is 2.94 bits per heavy atom. The van der Waals surface area contributed by atoms with Crippen LogP contribution < -0.4 is 5.32 Å². The van der Waals surface area contributed by atoms with E-state index < -0.39 is 0 Å². The fraction of sp³-hybridized carbons (Fsp3) is 0.231. The summed E-state index contributed by atoms with van der Waals surface area (Å²) in [5.41, 5.74) is 2.20. The summed E-state index contributed by atoms with van der Waals surface area (Å²) in [7, 11) is 0. The first-order valence-corrected chi connectivity index (χ1v) is 6.58. The standard InChI is InChI=1S/C13H13Cl2N3/c14-6-2-4-10-3-1-5-11(7-10)18-13-12(15)8-16-9-17-13/h1,3,5,7-9H,2,4,6H2,(H,16,17,18). The van der Waals surface area contributed by atoms with Crippen LogP contribution in [0.15, 0.2) is 36.8 Å². The maximum Gasteiger partial charge on any atom is 0.152 e. The monoisotopic (exact) mass is 281 g/mol. The van der Waals surface area contributed by atoms with E-state index in [1.165, 1.54) is 11.9 Å². The smallest absolute Gasteiger partial charge is 0.152 e. The third-order valence-corrected chi connectivity index (χ3v) is 3.00. The molecule has 3 nitrogen and oxygen atoms in total. The summed E-state index contributed by atoms with van der Waals surface area (Å²) < 4.78 is 0. The van der Waals surface area contributed by atoms with Crippen LogP contribution in [0.4, 0.5) is 11.5 Å². The van der Waals surface area contributed by atoms with Gasteiger partial charge in [0.15, 0.2) is 5.82 Å². The van der Waals surface area contributed by atoms with Gasteiger partial charge in [0.2, 0.25) is 0 Å². The highest BCUT2D eigenvalue weighted by atomic mass is 35.5. The second-order valence-corrected chi connectivity index (χ2v) is 4.62. The Morgan fingerprint density at radius 2 is 2.17 bits per heavy atom. The Morgan fingerprint density at radius 1 is 1.28 bits per heavy atom. The molecule has 1 N–H and O–H groups in total. The average Bonchev–Trinajstić information content (AvgIpc) is 2.40. The minimum absolute atomic E-state index is 0.503. The summed E-state index contributed by atoms with van der Waals surface area (Å²) >= 11 is 11.7. The first kappa shape index (κ1) is 13.1. The number of alkyl halides is 1. The van der Waals surface area contributed by atoms with Crippen LogP contribution in [0.2, 0.25) is 5.02 Å². The SMILES string of the molecule is ClCCCc1cccc(Nc2ncncc2Cl)c1. The second-order valence-electron chi connectivity index (χ2n) is 3.84. The Hall–Kier alpha value is -1.32. The van der Waals surface area contributed by atoms with Gasteiger partial charge in [-0.2, -0.15) is 0 Å². The number of halogens is 2. The van der Waals surface area contributed by atoms with Crippen LogP contribution >= 0.6 is 23.2 Å². The Kier molecular flexibility index (Phi) is 4.79. The molecule has 0 fully saturated rings. The zero-order valence-corrected chi connectivity index (χ0v) is 11.2. The zero-order valence-electron chi connectivity index (χ0n) is 9.74. The molecular formula is C13H13Cl2N3. The van der Waals surface area contributed by atoms with Crippen LogP contribution in [0.3, 0.4) is 0 Å². The van der Waals surface area contributed by atoms with Gasteiger partial charge in [-0.15, -0.1) is 11.6 Å². The maximum atomic E-state index is 5.99. The van der Waals surface area contributed by atoms with E-state index in [0.29, 0.717) is 16.7 Å². The van der Waals surface area contributed by atoms with Gasteiger partial charge in [-0.3, -0.25) is 0 Å². The van der Waals surface area contributed by atoms with Gasteiger partial charge in [-0.1, -0.05) is 23.7 Å². The molecular weight excluding hydrogens is 269 g/mol. The number of aromatic nitrogens is 2. The van der Waals surface area contributed by atoms with E-state index in [0.717, 1.165) is 18.5 Å². The molecule has 94 valence electrons. The molecule has 2 rings (SSSR count). The Bertz CT molecular complexity index is 517. The van der Waals surface area contributed by atoms with Gasteiger partial charge in [0.25, 0.3) is 0 Å². The van der Waals surface area contributed by atoms with Crippen LogP contribution in [0.5, 0.6) is 0 Å². The molecule has 1 heterocycles. The molecule has 1 aromatic heterocycles. The van der Waals surface area contributed by atoms with Gasteiger partial charge in [-0.05, 0) is 30.5 Å². The van der Waals surface area contributed by atoms with Crippen molar-refractivity contribution in [1.82, 2.24) is 9.97 Å². The van der Waals surface area contributed by atoms with E-state index in [4.69, 9.17) is 23.2 Å². The third kappa shape index (κ3) is 3.59. The number of nitrogens with zero attached hydrogens (tertiary/aromatic N) is 2. The van der Waals surface area contributed by atoms with Gasteiger partial charge in [0.05, 0.1) is 6.20 Å². The lowest BCUT2D eigenvalue weighted by Gasteiger charge is -2.08. The molecule has 5 heteroatoms. The lowest BCUT2D eigenvalue weighted by molar-refractivity contribution is 0.929. The van der Waals surface area contributed by atoms with Crippen molar-refractivity contribution in [2.24, 2.45) is 0 Å². The zero-order chi connectivity index (χ0) is 12.8. The number of hydrogen-bond donors (Lipinski definition) is 1. The topological polar surface area (TPSA) is 37.8 Å². The molecule has 0 aliphatic carbocycles. The van der Waals surface area contributed by atoms with Crippen molar-refractivity contribution in [3.8, 4) is 0 Å². The van der Waals surface area contributed by atoms with Crippen molar-refractivity contribution >= 4 is 34.7 Å². The average molecular weight is 282 g/mol. The molecule has 0 atom stereocenters. The molecule has 0 amide bonds. The fourth-order valence-corrected chi connectivity index (χ4v) is 1.90. The second kappa shape index (κ2) is 6.57. The quantitative estimate of drug-likeness (QED) is 0.841. The minimum atomic E-state index is 0.503. The summed E-state index contributed by atoms with van der Waals surface area (Å²) in [6, 6.07) is 8.13. The van der Waals surface area contributed by atoms with Gasteiger partial charge < -0.3 is 5.32 Å². The number of hydrogen-bond acceptors (Lipinski definition) is 3. The molecule has 0 spiro atoms. The molecule has 0 saturated heterocycles. The third-order valence-electron chi connectivity index (χ3n) is 2.46. The van der Waals surface area contributed by atoms with Crippen molar-refractivity contribution in [2.75, 3.05) is 11.2 Å². The lowest BCUT2D eigenvalue weighted by atomic mass is 10.1. The first-order chi connectivity index (χ1) is 8.79. The summed E-state index contributed by atoms with van der Waals surface area (Å²) in [6.45, 7) is 0. The highest BCUT2D eigenvalue weighted by Crippen LogP contribution is 2.22. The summed E-state index contributed by atoms with van der Waals surface area (Å²) in [4.78, 5) is 7.94. The van der Waals surface area contributed by atoms with Crippen LogP contribution in [-0.4, -0.2) is 15.8 Å². The Labute approximate surface area is 116 Å². The normalized spacial score (nSPS) is 10.3. The summed E-state index contributed by atoms with van der Waals surface area (Å²) in [6.07, 6.45) is 4.97. The fourth-order valence-electron chi connectivity index (χ4n) is 1.62. The van der Waals surface area contributed by atoms with E-state index in [-0.39, 0.29) is 0 Å². The van der Waals surface area contributed by atoms with Gasteiger partial charge in [0, 0.05) is 11.6 Å². The number of nitrogens with one attached hydrogen (secondary N) is 1. The van der Waals surface area contributed by atoms with E-state index in [1.807, 2.05) is 12.1 Å². The van der Waals surface area contributed by atoms with Gasteiger partial charge in [-0.25, -0.2) is 9.97 Å². The molecule has 0 radical (unpaired) electrons. The van der Waals surface area contributed by atoms with Gasteiger partial charge >= 0.3 is 0 Å². The van der Waals surface area contributed by atoms with Crippen molar-refractivity contribution in [1.29, 1.82) is 0 Å². The largest absolute Gasteiger partial charge is 0.339 e. The Balaban J connectivity index is 2.12. The van der Waals surface area contributed by atoms with Gasteiger partial charge in [0.1, 0.15) is 11.3 Å². The predicted molar refractivity (Wildman–Crippen MR) is 75.8 cm³/mol. The van der Waals surface area contributed by atoms with E-state index in [1.54, 1.807) is 6.20 Å². The van der Waals surface area contributed by atoms with Crippen LogP contribution in [-0.2, 0) is 6.42 Å². The molecule has 0 saturated carbocycles. The van der Waals surface area contributed by atoms with Crippen molar-refractivity contribution in [3.63, 3.8) is 0 Å². The maximum absolute atomic E-state index is 5.99.